The summed E-state index contributed by atoms with van der Waals surface area (Å²) < 4.78 is 1.84. The summed E-state index contributed by atoms with van der Waals surface area (Å²) in [6, 6.07) is 19.9. The second-order valence-electron chi connectivity index (χ2n) is 6.42. The summed E-state index contributed by atoms with van der Waals surface area (Å²) >= 11 is 0. The molecule has 132 valence electrons. The lowest BCUT2D eigenvalue weighted by atomic mass is 10.0. The Labute approximate surface area is 152 Å². The minimum absolute atomic E-state index is 0.0830. The predicted octanol–water partition coefficient (Wildman–Crippen LogP) is 2.23. The van der Waals surface area contributed by atoms with Crippen molar-refractivity contribution in [2.24, 2.45) is 0 Å². The highest BCUT2D eigenvalue weighted by molar-refractivity contribution is 5.94. The van der Waals surface area contributed by atoms with Gasteiger partial charge >= 0.3 is 0 Å². The average Bonchev–Trinajstić information content (AvgIpc) is 3.35. The lowest BCUT2D eigenvalue weighted by Crippen LogP contribution is -2.44. The van der Waals surface area contributed by atoms with Crippen LogP contribution in [0.25, 0.3) is 0 Å². The first kappa shape index (κ1) is 16.5. The number of carbonyl (C=O) groups is 1. The molecule has 6 heteroatoms. The molecular formula is C20H21N5O. The van der Waals surface area contributed by atoms with Gasteiger partial charge in [0.15, 0.2) is 0 Å². The van der Waals surface area contributed by atoms with Crippen molar-refractivity contribution >= 4 is 5.91 Å². The van der Waals surface area contributed by atoms with Crippen LogP contribution in [0.4, 0.5) is 0 Å². The Bertz CT molecular complexity index is 863. The van der Waals surface area contributed by atoms with E-state index in [1.54, 1.807) is 6.20 Å². The molecule has 0 bridgehead atoms. The van der Waals surface area contributed by atoms with Crippen molar-refractivity contribution in [1.29, 1.82) is 0 Å². The molecule has 3 N–H and O–H groups in total. The van der Waals surface area contributed by atoms with Crippen LogP contribution in [0.3, 0.4) is 0 Å². The number of carbonyl (C=O) groups excluding carboxylic acids is 1. The number of benzene rings is 2. The number of rotatable bonds is 5. The maximum atomic E-state index is 12.6. The Morgan fingerprint density at radius 1 is 1.12 bits per heavy atom. The van der Waals surface area contributed by atoms with Gasteiger partial charge in [-0.05, 0) is 29.3 Å². The molecule has 0 saturated carbocycles. The molecule has 0 radical (unpaired) electrons. The topological polar surface area (TPSA) is 71.0 Å². The number of aromatic nitrogens is 2. The zero-order valence-electron chi connectivity index (χ0n) is 14.3. The molecule has 26 heavy (non-hydrogen) atoms. The summed E-state index contributed by atoms with van der Waals surface area (Å²) in [5.41, 5.74) is 9.31. The number of hydrazine groups is 1. The molecule has 2 heterocycles. The third-order valence-electron chi connectivity index (χ3n) is 4.50. The van der Waals surface area contributed by atoms with E-state index >= 15 is 0 Å². The smallest absolute Gasteiger partial charge is 0.252 e. The van der Waals surface area contributed by atoms with Gasteiger partial charge in [0.2, 0.25) is 0 Å². The Balaban J connectivity index is 1.38. The van der Waals surface area contributed by atoms with Crippen LogP contribution >= 0.6 is 0 Å². The lowest BCUT2D eigenvalue weighted by Gasteiger charge is -2.13. The maximum absolute atomic E-state index is 12.6. The van der Waals surface area contributed by atoms with Gasteiger partial charge in [-0.3, -0.25) is 9.48 Å². The van der Waals surface area contributed by atoms with Gasteiger partial charge in [0.1, 0.15) is 0 Å². The number of nitrogens with one attached hydrogen (secondary N) is 3. The third kappa shape index (κ3) is 3.82. The van der Waals surface area contributed by atoms with E-state index in [1.807, 2.05) is 59.4 Å². The molecule has 1 fully saturated rings. The normalized spacial score (nSPS) is 19.4. The van der Waals surface area contributed by atoms with E-state index < -0.39 is 0 Å². The van der Waals surface area contributed by atoms with Gasteiger partial charge in [0, 0.05) is 30.4 Å². The summed E-state index contributed by atoms with van der Waals surface area (Å²) in [5.74, 6) is -0.0830. The first-order chi connectivity index (χ1) is 12.8. The lowest BCUT2D eigenvalue weighted by molar-refractivity contribution is 0.0932. The standard InChI is InChI=1S/C20H21N5O/c26-20(17-9-4-6-15(12-17)14-25-11-5-10-21-25)22-19-13-18(23-24-19)16-7-2-1-3-8-16/h1-12,18-19,23-24H,13-14H2,(H,22,26). The van der Waals surface area contributed by atoms with E-state index in [1.165, 1.54) is 5.56 Å². The van der Waals surface area contributed by atoms with Crippen molar-refractivity contribution in [2.45, 2.75) is 25.2 Å². The van der Waals surface area contributed by atoms with Gasteiger partial charge in [-0.2, -0.15) is 5.10 Å². The molecule has 1 saturated heterocycles. The Hall–Kier alpha value is -2.96. The van der Waals surface area contributed by atoms with Crippen LogP contribution in [-0.2, 0) is 6.54 Å². The number of amides is 1. The maximum Gasteiger partial charge on any atom is 0.252 e. The summed E-state index contributed by atoms with van der Waals surface area (Å²) in [6.45, 7) is 0.646. The summed E-state index contributed by atoms with van der Waals surface area (Å²) in [5, 5.41) is 7.25. The molecule has 0 aliphatic carbocycles. The Morgan fingerprint density at radius 3 is 2.81 bits per heavy atom. The Kier molecular flexibility index (Phi) is 4.77. The van der Waals surface area contributed by atoms with Crippen LogP contribution in [0, 0.1) is 0 Å². The fourth-order valence-corrected chi connectivity index (χ4v) is 3.19. The molecule has 1 amide bonds. The highest BCUT2D eigenvalue weighted by Crippen LogP contribution is 2.21. The van der Waals surface area contributed by atoms with Crippen LogP contribution in [0.2, 0.25) is 0 Å². The van der Waals surface area contributed by atoms with Gasteiger partial charge in [-0.25, -0.2) is 10.9 Å². The summed E-state index contributed by atoms with van der Waals surface area (Å²) in [4.78, 5) is 12.6. The van der Waals surface area contributed by atoms with E-state index in [9.17, 15) is 4.79 Å². The molecule has 1 aliphatic heterocycles. The summed E-state index contributed by atoms with van der Waals surface area (Å²) in [6.07, 6.45) is 4.34. The van der Waals surface area contributed by atoms with Gasteiger partial charge in [0.05, 0.1) is 12.7 Å². The molecular weight excluding hydrogens is 326 g/mol. The minimum atomic E-state index is -0.109. The fourth-order valence-electron chi connectivity index (χ4n) is 3.19. The molecule has 3 aromatic rings. The molecule has 2 atom stereocenters. The van der Waals surface area contributed by atoms with Crippen molar-refractivity contribution in [3.8, 4) is 0 Å². The predicted molar refractivity (Wildman–Crippen MR) is 99.1 cm³/mol. The highest BCUT2D eigenvalue weighted by Gasteiger charge is 2.26. The van der Waals surface area contributed by atoms with Gasteiger partial charge in [0.25, 0.3) is 5.91 Å². The third-order valence-corrected chi connectivity index (χ3v) is 4.50. The first-order valence-corrected chi connectivity index (χ1v) is 8.71. The molecule has 0 spiro atoms. The van der Waals surface area contributed by atoms with Gasteiger partial charge in [-0.1, -0.05) is 42.5 Å². The fraction of sp³-hybridized carbons (Fsp3) is 0.200. The zero-order valence-corrected chi connectivity index (χ0v) is 14.3. The van der Waals surface area contributed by atoms with Crippen molar-refractivity contribution in [3.63, 3.8) is 0 Å². The van der Waals surface area contributed by atoms with Gasteiger partial charge < -0.3 is 5.32 Å². The van der Waals surface area contributed by atoms with E-state index in [2.05, 4.69) is 33.4 Å². The van der Waals surface area contributed by atoms with E-state index in [0.29, 0.717) is 12.1 Å². The average molecular weight is 347 g/mol. The second-order valence-corrected chi connectivity index (χ2v) is 6.42. The van der Waals surface area contributed by atoms with Crippen LogP contribution in [0.5, 0.6) is 0 Å². The van der Waals surface area contributed by atoms with Crippen LogP contribution in [0.15, 0.2) is 73.1 Å². The monoisotopic (exact) mass is 347 g/mol. The second kappa shape index (κ2) is 7.51. The summed E-state index contributed by atoms with van der Waals surface area (Å²) in [7, 11) is 0. The number of hydrogen-bond donors (Lipinski definition) is 3. The Morgan fingerprint density at radius 2 is 2.00 bits per heavy atom. The van der Waals surface area contributed by atoms with Crippen molar-refractivity contribution in [2.75, 3.05) is 0 Å². The van der Waals surface area contributed by atoms with Crippen molar-refractivity contribution in [3.05, 3.63) is 89.7 Å². The molecule has 4 rings (SSSR count). The SMILES string of the molecule is O=C(NC1CC(c2ccccc2)NN1)c1cccc(Cn2cccn2)c1. The van der Waals surface area contributed by atoms with Crippen LogP contribution < -0.4 is 16.2 Å². The van der Waals surface area contributed by atoms with Crippen LogP contribution in [-0.4, -0.2) is 21.9 Å². The molecule has 1 aliphatic rings. The van der Waals surface area contributed by atoms with E-state index in [4.69, 9.17) is 0 Å². The van der Waals surface area contributed by atoms with Gasteiger partial charge in [-0.15, -0.1) is 0 Å². The molecule has 1 aromatic heterocycles. The number of nitrogens with zero attached hydrogens (tertiary/aromatic N) is 2. The minimum Gasteiger partial charge on any atom is -0.335 e. The van der Waals surface area contributed by atoms with Crippen molar-refractivity contribution < 1.29 is 4.79 Å². The molecule has 6 nitrogen and oxygen atoms in total. The van der Waals surface area contributed by atoms with Crippen molar-refractivity contribution in [1.82, 2.24) is 25.9 Å². The molecule has 2 unspecified atom stereocenters. The van der Waals surface area contributed by atoms with Crippen LogP contribution in [0.1, 0.15) is 33.9 Å². The van der Waals surface area contributed by atoms with E-state index in [0.717, 1.165) is 12.0 Å². The van der Waals surface area contributed by atoms with E-state index in [-0.39, 0.29) is 18.1 Å². The first-order valence-electron chi connectivity index (χ1n) is 8.71. The number of hydrogen-bond acceptors (Lipinski definition) is 4. The zero-order chi connectivity index (χ0) is 17.8. The quantitative estimate of drug-likeness (QED) is 0.662. The molecule has 2 aromatic carbocycles. The largest absolute Gasteiger partial charge is 0.335 e. The highest BCUT2D eigenvalue weighted by atomic mass is 16.1.